The van der Waals surface area contributed by atoms with Crippen LogP contribution < -0.4 is 22.3 Å². The number of hydrogen-bond acceptors (Lipinski definition) is 7. The summed E-state index contributed by atoms with van der Waals surface area (Å²) in [5.41, 5.74) is 8.11. The van der Waals surface area contributed by atoms with Gasteiger partial charge < -0.3 is 16.5 Å². The Bertz CT molecular complexity index is 391. The zero-order chi connectivity index (χ0) is 13.0. The van der Waals surface area contributed by atoms with Crippen molar-refractivity contribution in [2.75, 3.05) is 22.7 Å². The lowest BCUT2D eigenvalue weighted by atomic mass is 9.95. The molecule has 0 unspecified atom stereocenters. The van der Waals surface area contributed by atoms with Gasteiger partial charge in [-0.25, -0.2) is 5.84 Å². The normalized spacial score (nSPS) is 23.7. The maximum atomic E-state index is 5.62. The molecule has 1 aromatic rings. The number of nitrogens with two attached hydrogens (primary N) is 2. The van der Waals surface area contributed by atoms with Crippen LogP contribution >= 0.6 is 11.8 Å². The Morgan fingerprint density at radius 3 is 2.50 bits per heavy atom. The predicted octanol–water partition coefficient (Wildman–Crippen LogP) is 1.43. The molecule has 6 N–H and O–H groups in total. The van der Waals surface area contributed by atoms with E-state index in [0.29, 0.717) is 11.9 Å². The van der Waals surface area contributed by atoms with Gasteiger partial charge in [-0.3, -0.25) is 0 Å². The van der Waals surface area contributed by atoms with E-state index < -0.39 is 0 Å². The topological polar surface area (TPSA) is 102 Å². The Kier molecular flexibility index (Phi) is 4.48. The van der Waals surface area contributed by atoms with Crippen LogP contribution in [0.2, 0.25) is 0 Å². The van der Waals surface area contributed by atoms with Crippen LogP contribution in [0.3, 0.4) is 0 Å². The smallest absolute Gasteiger partial charge is 0.223 e. The Balaban J connectivity index is 1.95. The third-order valence-electron chi connectivity index (χ3n) is 3.25. The average Bonchev–Trinajstić information content (AvgIpc) is 2.39. The molecule has 2 rings (SSSR count). The summed E-state index contributed by atoms with van der Waals surface area (Å²) in [5.74, 6) is 6.83. The van der Waals surface area contributed by atoms with Gasteiger partial charge in [0.15, 0.2) is 0 Å². The number of thioether (sulfide) groups is 1. The van der Waals surface area contributed by atoms with Crippen molar-refractivity contribution >= 4 is 29.3 Å². The van der Waals surface area contributed by atoms with Crippen molar-refractivity contribution in [3.63, 3.8) is 0 Å². The average molecular weight is 268 g/mol. The van der Waals surface area contributed by atoms with Crippen molar-refractivity contribution in [1.29, 1.82) is 0 Å². The molecule has 0 spiro atoms. The minimum Gasteiger partial charge on any atom is -0.368 e. The number of hydrazine groups is 1. The maximum absolute atomic E-state index is 5.62. The summed E-state index contributed by atoms with van der Waals surface area (Å²) in [6.45, 7) is 0. The van der Waals surface area contributed by atoms with E-state index >= 15 is 0 Å². The van der Waals surface area contributed by atoms with Crippen molar-refractivity contribution < 1.29 is 0 Å². The van der Waals surface area contributed by atoms with Crippen LogP contribution in [0.5, 0.6) is 0 Å². The van der Waals surface area contributed by atoms with Gasteiger partial charge in [-0.1, -0.05) is 0 Å². The lowest BCUT2D eigenvalue weighted by molar-refractivity contribution is 0.472. The molecule has 0 radical (unpaired) electrons. The number of rotatable bonds is 4. The summed E-state index contributed by atoms with van der Waals surface area (Å²) < 4.78 is 0. The molecule has 7 heteroatoms. The van der Waals surface area contributed by atoms with Crippen LogP contribution in [0.1, 0.15) is 25.7 Å². The predicted molar refractivity (Wildman–Crippen MR) is 77.4 cm³/mol. The van der Waals surface area contributed by atoms with Crippen LogP contribution in [-0.2, 0) is 0 Å². The van der Waals surface area contributed by atoms with Crippen molar-refractivity contribution in [3.05, 3.63) is 6.07 Å². The van der Waals surface area contributed by atoms with Gasteiger partial charge in [-0.05, 0) is 31.9 Å². The highest BCUT2D eigenvalue weighted by atomic mass is 32.2. The van der Waals surface area contributed by atoms with E-state index in [1.807, 2.05) is 11.8 Å². The van der Waals surface area contributed by atoms with Crippen molar-refractivity contribution in [2.24, 2.45) is 5.84 Å². The lowest BCUT2D eigenvalue weighted by Crippen LogP contribution is -2.27. The van der Waals surface area contributed by atoms with Gasteiger partial charge in [0, 0.05) is 17.4 Å². The van der Waals surface area contributed by atoms with Gasteiger partial charge in [0.1, 0.15) is 11.6 Å². The number of nitrogen functional groups attached to an aromatic ring is 2. The molecular weight excluding hydrogens is 248 g/mol. The van der Waals surface area contributed by atoms with Gasteiger partial charge in [-0.2, -0.15) is 21.7 Å². The van der Waals surface area contributed by atoms with Gasteiger partial charge in [0.2, 0.25) is 5.95 Å². The molecule has 1 aliphatic rings. The van der Waals surface area contributed by atoms with E-state index in [-0.39, 0.29) is 5.95 Å². The molecule has 0 atom stereocenters. The summed E-state index contributed by atoms with van der Waals surface area (Å²) in [7, 11) is 0. The number of nitrogens with zero attached hydrogens (tertiary/aromatic N) is 2. The fourth-order valence-electron chi connectivity index (χ4n) is 2.27. The minimum absolute atomic E-state index is 0.228. The molecule has 0 aromatic carbocycles. The number of anilines is 3. The first-order valence-corrected chi connectivity index (χ1v) is 7.40. The summed E-state index contributed by atoms with van der Waals surface area (Å²) in [6, 6.07) is 2.24. The van der Waals surface area contributed by atoms with E-state index in [9.17, 15) is 0 Å². The Morgan fingerprint density at radius 2 is 1.89 bits per heavy atom. The largest absolute Gasteiger partial charge is 0.368 e. The van der Waals surface area contributed by atoms with Crippen LogP contribution in [0.15, 0.2) is 6.07 Å². The summed E-state index contributed by atoms with van der Waals surface area (Å²) in [5, 5.41) is 4.21. The van der Waals surface area contributed by atoms with Gasteiger partial charge in [-0.15, -0.1) is 0 Å². The van der Waals surface area contributed by atoms with Crippen LogP contribution in [0.25, 0.3) is 0 Å². The van der Waals surface area contributed by atoms with E-state index in [1.54, 1.807) is 6.07 Å². The Hall–Kier alpha value is -1.21. The maximum Gasteiger partial charge on any atom is 0.223 e. The third kappa shape index (κ3) is 3.39. The molecule has 1 aliphatic carbocycles. The summed E-state index contributed by atoms with van der Waals surface area (Å²) in [6.07, 6.45) is 7.02. The SMILES string of the molecule is CSC1CCC(Nc2cc(NN)nc(N)n2)CC1. The molecular formula is C11H20N6S. The van der Waals surface area contributed by atoms with Gasteiger partial charge in [0.05, 0.1) is 0 Å². The second-order valence-corrected chi connectivity index (χ2v) is 5.63. The second-order valence-electron chi connectivity index (χ2n) is 4.49. The van der Waals surface area contributed by atoms with Crippen molar-refractivity contribution in [1.82, 2.24) is 9.97 Å². The number of nitrogens with one attached hydrogen (secondary N) is 2. The molecule has 1 aromatic heterocycles. The highest BCUT2D eigenvalue weighted by molar-refractivity contribution is 7.99. The quantitative estimate of drug-likeness (QED) is 0.484. The monoisotopic (exact) mass is 268 g/mol. The summed E-state index contributed by atoms with van der Waals surface area (Å²) in [4.78, 5) is 8.13. The fraction of sp³-hybridized carbons (Fsp3) is 0.636. The first kappa shape index (κ1) is 13.2. The molecule has 100 valence electrons. The highest BCUT2D eigenvalue weighted by Crippen LogP contribution is 2.28. The first-order valence-electron chi connectivity index (χ1n) is 6.11. The molecule has 0 aliphatic heterocycles. The number of hydrogen-bond donors (Lipinski definition) is 4. The molecule has 18 heavy (non-hydrogen) atoms. The highest BCUT2D eigenvalue weighted by Gasteiger charge is 2.20. The second kappa shape index (κ2) is 6.10. The van der Waals surface area contributed by atoms with Crippen LogP contribution in [-0.4, -0.2) is 27.5 Å². The number of aromatic nitrogens is 2. The Labute approximate surface area is 111 Å². The summed E-state index contributed by atoms with van der Waals surface area (Å²) >= 11 is 1.96. The van der Waals surface area contributed by atoms with E-state index in [1.165, 1.54) is 25.7 Å². The molecule has 0 amide bonds. The molecule has 1 saturated carbocycles. The molecule has 0 bridgehead atoms. The molecule has 1 heterocycles. The van der Waals surface area contributed by atoms with Crippen molar-refractivity contribution in [2.45, 2.75) is 37.0 Å². The van der Waals surface area contributed by atoms with Gasteiger partial charge >= 0.3 is 0 Å². The van der Waals surface area contributed by atoms with Crippen LogP contribution in [0.4, 0.5) is 17.6 Å². The van der Waals surface area contributed by atoms with Crippen LogP contribution in [0, 0.1) is 0 Å². The van der Waals surface area contributed by atoms with Crippen molar-refractivity contribution in [3.8, 4) is 0 Å². The lowest BCUT2D eigenvalue weighted by Gasteiger charge is -2.28. The zero-order valence-corrected chi connectivity index (χ0v) is 11.3. The fourth-order valence-corrected chi connectivity index (χ4v) is 3.01. The molecule has 0 saturated heterocycles. The molecule has 1 fully saturated rings. The zero-order valence-electron chi connectivity index (χ0n) is 10.5. The van der Waals surface area contributed by atoms with E-state index in [0.717, 1.165) is 11.1 Å². The standard InChI is InChI=1S/C11H20N6S/c1-18-8-4-2-7(3-5-8)14-9-6-10(17-13)16-11(12)15-9/h6-8H,2-5,13H2,1H3,(H4,12,14,15,16,17). The van der Waals surface area contributed by atoms with Gasteiger partial charge in [0.25, 0.3) is 0 Å². The molecule has 6 nitrogen and oxygen atoms in total. The third-order valence-corrected chi connectivity index (χ3v) is 4.39. The van der Waals surface area contributed by atoms with E-state index in [2.05, 4.69) is 27.0 Å². The Morgan fingerprint density at radius 1 is 1.22 bits per heavy atom. The van der Waals surface area contributed by atoms with E-state index in [4.69, 9.17) is 11.6 Å². The first-order chi connectivity index (χ1) is 8.71. The minimum atomic E-state index is 0.228.